The van der Waals surface area contributed by atoms with Crippen molar-refractivity contribution in [2.24, 2.45) is 0 Å². The van der Waals surface area contributed by atoms with E-state index in [0.717, 1.165) is 5.69 Å². The highest BCUT2D eigenvalue weighted by Gasteiger charge is 2.22. The number of aromatic nitrogens is 5. The molecule has 1 aliphatic rings. The second-order valence-corrected chi connectivity index (χ2v) is 7.78. The summed E-state index contributed by atoms with van der Waals surface area (Å²) >= 11 is 1.38. The number of ether oxygens (including phenoxy) is 3. The first kappa shape index (κ1) is 20.8. The van der Waals surface area contributed by atoms with Gasteiger partial charge >= 0.3 is 0 Å². The summed E-state index contributed by atoms with van der Waals surface area (Å²) in [5.74, 6) is 1.92. The zero-order valence-electron chi connectivity index (χ0n) is 17.5. The fraction of sp³-hybridized carbons (Fsp3) is 0.136. The van der Waals surface area contributed by atoms with E-state index in [1.807, 2.05) is 24.3 Å². The van der Waals surface area contributed by atoms with Crippen LogP contribution in [0.1, 0.15) is 16.2 Å². The molecule has 4 aromatic rings. The monoisotopic (exact) mass is 462 g/mol. The molecule has 33 heavy (non-hydrogen) atoms. The number of carbonyl (C=O) groups excluding carboxylic acids is 1. The predicted molar refractivity (Wildman–Crippen MR) is 120 cm³/mol. The number of rotatable bonds is 7. The molecule has 2 aromatic heterocycles. The van der Waals surface area contributed by atoms with Gasteiger partial charge in [-0.25, -0.2) is 14.6 Å². The molecule has 166 valence electrons. The summed E-state index contributed by atoms with van der Waals surface area (Å²) in [7, 11) is 1.60. The molecule has 0 fully saturated rings. The van der Waals surface area contributed by atoms with Gasteiger partial charge in [-0.15, -0.1) is 5.10 Å². The lowest BCUT2D eigenvalue weighted by atomic mass is 10.2. The molecule has 0 saturated heterocycles. The molecule has 10 nitrogen and oxygen atoms in total. The van der Waals surface area contributed by atoms with Crippen molar-refractivity contribution in [3.63, 3.8) is 0 Å². The summed E-state index contributed by atoms with van der Waals surface area (Å²) < 4.78 is 17.6. The third-order valence-corrected chi connectivity index (χ3v) is 5.69. The number of carbonyl (C=O) groups is 1. The first-order valence-corrected chi connectivity index (χ1v) is 10.9. The average Bonchev–Trinajstić information content (AvgIpc) is 3.50. The summed E-state index contributed by atoms with van der Waals surface area (Å²) in [5.41, 5.74) is 2.12. The minimum absolute atomic E-state index is 0.159. The molecule has 1 amide bonds. The molecule has 0 radical (unpaired) electrons. The maximum atomic E-state index is 13.1. The van der Waals surface area contributed by atoms with Crippen molar-refractivity contribution in [2.75, 3.05) is 19.2 Å². The molecule has 0 unspecified atom stereocenters. The van der Waals surface area contributed by atoms with Gasteiger partial charge in [-0.3, -0.25) is 4.79 Å². The Labute approximate surface area is 192 Å². The molecule has 5 rings (SSSR count). The Morgan fingerprint density at radius 1 is 1.12 bits per heavy atom. The number of hydrogen-bond donors (Lipinski definition) is 1. The molecule has 2 aromatic carbocycles. The van der Waals surface area contributed by atoms with Crippen LogP contribution in [0.15, 0.2) is 66.1 Å². The molecule has 0 saturated carbocycles. The van der Waals surface area contributed by atoms with E-state index in [2.05, 4.69) is 25.6 Å². The standard InChI is InChI=1S/C22H18N6O4S/c1-30-16-6-4-15(5-7-16)28-17(12-33-22-23-9-2-10-24-22)20(26-27-28)21(29)25-14-3-8-18-19(11-14)32-13-31-18/h2-11H,12-13H2,1H3,(H,25,29). The number of benzene rings is 2. The number of hydrogen-bond acceptors (Lipinski definition) is 9. The second-order valence-electron chi connectivity index (χ2n) is 6.84. The fourth-order valence-corrected chi connectivity index (χ4v) is 3.99. The third kappa shape index (κ3) is 4.44. The van der Waals surface area contributed by atoms with Gasteiger partial charge in [-0.2, -0.15) is 0 Å². The molecule has 0 aliphatic carbocycles. The number of methoxy groups -OCH3 is 1. The van der Waals surface area contributed by atoms with E-state index < -0.39 is 5.91 Å². The van der Waals surface area contributed by atoms with Crippen molar-refractivity contribution in [1.82, 2.24) is 25.0 Å². The van der Waals surface area contributed by atoms with E-state index in [1.165, 1.54) is 11.8 Å². The van der Waals surface area contributed by atoms with Crippen LogP contribution in [0.2, 0.25) is 0 Å². The highest BCUT2D eigenvalue weighted by atomic mass is 32.2. The smallest absolute Gasteiger partial charge is 0.278 e. The van der Waals surface area contributed by atoms with Gasteiger partial charge in [0.15, 0.2) is 22.3 Å². The third-order valence-electron chi connectivity index (χ3n) is 4.81. The molecule has 1 aliphatic heterocycles. The molecule has 1 N–H and O–H groups in total. The number of nitrogens with zero attached hydrogens (tertiary/aromatic N) is 5. The minimum Gasteiger partial charge on any atom is -0.497 e. The molecular formula is C22H18N6O4S. The SMILES string of the molecule is COc1ccc(-n2nnc(C(=O)Nc3ccc4c(c3)OCO4)c2CSc2ncccn2)cc1. The van der Waals surface area contributed by atoms with Crippen molar-refractivity contribution in [3.05, 3.63) is 72.3 Å². The first-order valence-electron chi connectivity index (χ1n) is 9.91. The molecular weight excluding hydrogens is 444 g/mol. The van der Waals surface area contributed by atoms with Crippen molar-refractivity contribution < 1.29 is 19.0 Å². The van der Waals surface area contributed by atoms with Gasteiger partial charge in [0.05, 0.1) is 18.5 Å². The largest absolute Gasteiger partial charge is 0.497 e. The Hall–Kier alpha value is -4.12. The van der Waals surface area contributed by atoms with Crippen LogP contribution in [0, 0.1) is 0 Å². The molecule has 3 heterocycles. The highest BCUT2D eigenvalue weighted by molar-refractivity contribution is 7.98. The van der Waals surface area contributed by atoms with Gasteiger partial charge in [-0.1, -0.05) is 17.0 Å². The Balaban J connectivity index is 1.44. The van der Waals surface area contributed by atoms with Crippen LogP contribution in [0.5, 0.6) is 17.2 Å². The summed E-state index contributed by atoms with van der Waals surface area (Å²) in [6.45, 7) is 0.159. The zero-order chi connectivity index (χ0) is 22.6. The van der Waals surface area contributed by atoms with Crippen molar-refractivity contribution in [1.29, 1.82) is 0 Å². The van der Waals surface area contributed by atoms with Crippen molar-refractivity contribution >= 4 is 23.4 Å². The van der Waals surface area contributed by atoms with Crippen LogP contribution in [0.4, 0.5) is 5.69 Å². The van der Waals surface area contributed by atoms with Crippen LogP contribution in [0.3, 0.4) is 0 Å². The lowest BCUT2D eigenvalue weighted by molar-refractivity contribution is 0.102. The second kappa shape index (κ2) is 9.17. The van der Waals surface area contributed by atoms with E-state index in [0.29, 0.717) is 39.5 Å². The van der Waals surface area contributed by atoms with E-state index in [1.54, 1.807) is 48.5 Å². The lowest BCUT2D eigenvalue weighted by Crippen LogP contribution is -2.15. The van der Waals surface area contributed by atoms with E-state index in [-0.39, 0.29) is 12.5 Å². The number of anilines is 1. The number of fused-ring (bicyclic) bond motifs is 1. The van der Waals surface area contributed by atoms with Gasteiger partial charge in [0.25, 0.3) is 5.91 Å². The summed E-state index contributed by atoms with van der Waals surface area (Å²) in [4.78, 5) is 21.6. The summed E-state index contributed by atoms with van der Waals surface area (Å²) in [6.07, 6.45) is 3.34. The van der Waals surface area contributed by atoms with Gasteiger partial charge in [-0.05, 0) is 42.5 Å². The maximum absolute atomic E-state index is 13.1. The van der Waals surface area contributed by atoms with Gasteiger partial charge in [0, 0.05) is 29.9 Å². The van der Waals surface area contributed by atoms with Crippen LogP contribution >= 0.6 is 11.8 Å². The zero-order valence-corrected chi connectivity index (χ0v) is 18.3. The van der Waals surface area contributed by atoms with Crippen LogP contribution in [-0.2, 0) is 5.75 Å². The average molecular weight is 462 g/mol. The first-order chi connectivity index (χ1) is 16.2. The molecule has 0 spiro atoms. The maximum Gasteiger partial charge on any atom is 0.278 e. The quantitative estimate of drug-likeness (QED) is 0.326. The Kier molecular flexibility index (Phi) is 5.77. The Morgan fingerprint density at radius 2 is 1.91 bits per heavy atom. The van der Waals surface area contributed by atoms with Gasteiger partial charge in [0.2, 0.25) is 6.79 Å². The normalized spacial score (nSPS) is 11.9. The lowest BCUT2D eigenvalue weighted by Gasteiger charge is -2.09. The highest BCUT2D eigenvalue weighted by Crippen LogP contribution is 2.34. The Bertz CT molecular complexity index is 1280. The fourth-order valence-electron chi connectivity index (χ4n) is 3.20. The van der Waals surface area contributed by atoms with E-state index in [9.17, 15) is 4.79 Å². The van der Waals surface area contributed by atoms with Crippen LogP contribution in [0.25, 0.3) is 5.69 Å². The minimum atomic E-state index is -0.391. The van der Waals surface area contributed by atoms with Crippen LogP contribution in [-0.4, -0.2) is 44.8 Å². The summed E-state index contributed by atoms with van der Waals surface area (Å²) in [6, 6.07) is 14.3. The van der Waals surface area contributed by atoms with Gasteiger partial charge in [0.1, 0.15) is 5.75 Å². The van der Waals surface area contributed by atoms with Crippen molar-refractivity contribution in [3.8, 4) is 22.9 Å². The number of nitrogens with one attached hydrogen (secondary N) is 1. The van der Waals surface area contributed by atoms with Crippen molar-refractivity contribution in [2.45, 2.75) is 10.9 Å². The van der Waals surface area contributed by atoms with E-state index >= 15 is 0 Å². The molecule has 11 heteroatoms. The number of thioether (sulfide) groups is 1. The van der Waals surface area contributed by atoms with E-state index in [4.69, 9.17) is 14.2 Å². The molecule has 0 atom stereocenters. The van der Waals surface area contributed by atoms with Crippen LogP contribution < -0.4 is 19.5 Å². The predicted octanol–water partition coefficient (Wildman–Crippen LogP) is 3.34. The Morgan fingerprint density at radius 3 is 2.70 bits per heavy atom. The summed E-state index contributed by atoms with van der Waals surface area (Å²) in [5, 5.41) is 11.9. The topological polar surface area (TPSA) is 113 Å². The number of amides is 1. The molecule has 0 bridgehead atoms. The van der Waals surface area contributed by atoms with Gasteiger partial charge < -0.3 is 19.5 Å².